The summed E-state index contributed by atoms with van der Waals surface area (Å²) in [6.07, 6.45) is 1.37. The van der Waals surface area contributed by atoms with Gasteiger partial charge < -0.3 is 9.84 Å². The topological polar surface area (TPSA) is 93.8 Å². The molecule has 8 heteroatoms. The Morgan fingerprint density at radius 3 is 2.83 bits per heavy atom. The second-order valence-electron chi connectivity index (χ2n) is 5.07. The summed E-state index contributed by atoms with van der Waals surface area (Å²) in [4.78, 5) is 26.2. The third-order valence-corrected chi connectivity index (χ3v) is 3.57. The normalized spacial score (nSPS) is 10.8. The third kappa shape index (κ3) is 3.21. The van der Waals surface area contributed by atoms with E-state index in [9.17, 15) is 9.59 Å². The van der Waals surface area contributed by atoms with Gasteiger partial charge in [0.25, 0.3) is 0 Å². The van der Waals surface area contributed by atoms with Crippen molar-refractivity contribution in [2.75, 3.05) is 0 Å². The van der Waals surface area contributed by atoms with Crippen molar-refractivity contribution in [3.63, 3.8) is 0 Å². The Hall–Kier alpha value is -2.93. The van der Waals surface area contributed by atoms with Gasteiger partial charge in [-0.05, 0) is 17.7 Å². The van der Waals surface area contributed by atoms with E-state index in [1.807, 2.05) is 6.07 Å². The zero-order chi connectivity index (χ0) is 17.3. The number of hydrogen-bond acceptors (Lipinski definition) is 5. The summed E-state index contributed by atoms with van der Waals surface area (Å²) in [7, 11) is 0. The number of carbonyl (C=O) groups excluding carboxylic acids is 1. The van der Waals surface area contributed by atoms with Crippen LogP contribution in [-0.4, -0.2) is 31.6 Å². The monoisotopic (exact) mass is 345 g/mol. The van der Waals surface area contributed by atoms with Gasteiger partial charge in [0.2, 0.25) is 0 Å². The van der Waals surface area contributed by atoms with Crippen molar-refractivity contribution in [1.29, 1.82) is 0 Å². The highest BCUT2D eigenvalue weighted by Gasteiger charge is 2.13. The van der Waals surface area contributed by atoms with Crippen LogP contribution in [0.3, 0.4) is 0 Å². The summed E-state index contributed by atoms with van der Waals surface area (Å²) in [6, 6.07) is 8.57. The Balaban J connectivity index is 2.01. The molecule has 0 atom stereocenters. The molecule has 0 unspecified atom stereocenters. The number of carboxylic acid groups (broad SMARTS) is 1. The molecule has 0 spiro atoms. The molecule has 24 heavy (non-hydrogen) atoms. The predicted molar refractivity (Wildman–Crippen MR) is 85.9 cm³/mol. The standard InChI is InChI=1S/C16H12ClN3O4/c1-9(21)24-8-10-3-2-4-11(5-10)15-18-14(17)13-6-12(16(22)23)7-20(13)19-15/h2-7H,8H2,1H3,(H,22,23). The van der Waals surface area contributed by atoms with Crippen molar-refractivity contribution < 1.29 is 19.4 Å². The van der Waals surface area contributed by atoms with Crippen LogP contribution in [0.1, 0.15) is 22.8 Å². The van der Waals surface area contributed by atoms with Crippen LogP contribution in [0.5, 0.6) is 0 Å². The number of carbonyl (C=O) groups is 2. The molecule has 0 aliphatic rings. The van der Waals surface area contributed by atoms with Gasteiger partial charge in [0.15, 0.2) is 11.0 Å². The Morgan fingerprint density at radius 1 is 1.33 bits per heavy atom. The second-order valence-corrected chi connectivity index (χ2v) is 5.43. The van der Waals surface area contributed by atoms with E-state index in [1.54, 1.807) is 18.2 Å². The fourth-order valence-corrected chi connectivity index (χ4v) is 2.41. The first kappa shape index (κ1) is 15.9. The molecule has 3 rings (SSSR count). The van der Waals surface area contributed by atoms with E-state index < -0.39 is 5.97 Å². The van der Waals surface area contributed by atoms with E-state index in [4.69, 9.17) is 21.4 Å². The molecule has 2 heterocycles. The average Bonchev–Trinajstić information content (AvgIpc) is 2.98. The molecule has 0 aliphatic heterocycles. The number of nitrogens with zero attached hydrogens (tertiary/aromatic N) is 3. The van der Waals surface area contributed by atoms with Crippen molar-refractivity contribution in [3.05, 3.63) is 52.8 Å². The SMILES string of the molecule is CC(=O)OCc1cccc(-c2nc(Cl)c3cc(C(=O)O)cn3n2)c1. The van der Waals surface area contributed by atoms with Gasteiger partial charge in [0.1, 0.15) is 12.1 Å². The molecule has 0 bridgehead atoms. The Kier molecular flexibility index (Phi) is 4.18. The maximum absolute atomic E-state index is 11.1. The number of aromatic carboxylic acids is 1. The van der Waals surface area contributed by atoms with Gasteiger partial charge in [0, 0.05) is 18.7 Å². The molecule has 0 aliphatic carbocycles. The minimum Gasteiger partial charge on any atom is -0.478 e. The van der Waals surface area contributed by atoms with Crippen molar-refractivity contribution in [3.8, 4) is 11.4 Å². The van der Waals surface area contributed by atoms with E-state index in [0.29, 0.717) is 16.9 Å². The highest BCUT2D eigenvalue weighted by molar-refractivity contribution is 6.32. The van der Waals surface area contributed by atoms with Crippen LogP contribution < -0.4 is 0 Å². The molecule has 0 saturated carbocycles. The number of fused-ring (bicyclic) bond motifs is 1. The Morgan fingerprint density at radius 2 is 2.12 bits per heavy atom. The van der Waals surface area contributed by atoms with Gasteiger partial charge in [-0.3, -0.25) is 4.79 Å². The number of hydrogen-bond donors (Lipinski definition) is 1. The van der Waals surface area contributed by atoms with Crippen LogP contribution in [0, 0.1) is 0 Å². The molecular weight excluding hydrogens is 334 g/mol. The lowest BCUT2D eigenvalue weighted by atomic mass is 10.1. The van der Waals surface area contributed by atoms with E-state index >= 15 is 0 Å². The van der Waals surface area contributed by atoms with E-state index in [0.717, 1.165) is 5.56 Å². The predicted octanol–water partition coefficient (Wildman–Crippen LogP) is 2.81. The minimum atomic E-state index is -1.07. The molecule has 0 saturated heterocycles. The van der Waals surface area contributed by atoms with Gasteiger partial charge in [-0.15, -0.1) is 5.10 Å². The number of halogens is 1. The molecule has 0 amide bonds. The van der Waals surface area contributed by atoms with Crippen LogP contribution in [-0.2, 0) is 16.1 Å². The van der Waals surface area contributed by atoms with Crippen molar-refractivity contribution in [2.24, 2.45) is 0 Å². The largest absolute Gasteiger partial charge is 0.478 e. The number of rotatable bonds is 4. The summed E-state index contributed by atoms with van der Waals surface area (Å²) < 4.78 is 6.35. The van der Waals surface area contributed by atoms with Crippen LogP contribution >= 0.6 is 11.6 Å². The number of carboxylic acids is 1. The highest BCUT2D eigenvalue weighted by atomic mass is 35.5. The smallest absolute Gasteiger partial charge is 0.337 e. The highest BCUT2D eigenvalue weighted by Crippen LogP contribution is 2.23. The molecule has 122 valence electrons. The summed E-state index contributed by atoms with van der Waals surface area (Å²) in [5.41, 5.74) is 1.94. The number of esters is 1. The molecular formula is C16H12ClN3O4. The lowest BCUT2D eigenvalue weighted by molar-refractivity contribution is -0.142. The van der Waals surface area contributed by atoms with Gasteiger partial charge >= 0.3 is 11.9 Å². The van der Waals surface area contributed by atoms with Crippen LogP contribution in [0.15, 0.2) is 36.5 Å². The number of aromatic nitrogens is 3. The molecule has 1 aromatic carbocycles. The summed E-state index contributed by atoms with van der Waals surface area (Å²) in [5, 5.41) is 13.5. The molecule has 0 radical (unpaired) electrons. The molecule has 1 N–H and O–H groups in total. The zero-order valence-corrected chi connectivity index (χ0v) is 13.3. The summed E-state index contributed by atoms with van der Waals surface area (Å²) in [6.45, 7) is 1.48. The molecule has 7 nitrogen and oxygen atoms in total. The third-order valence-electron chi connectivity index (χ3n) is 3.29. The van der Waals surface area contributed by atoms with Crippen LogP contribution in [0.25, 0.3) is 16.9 Å². The number of benzene rings is 1. The van der Waals surface area contributed by atoms with E-state index in [-0.39, 0.29) is 23.3 Å². The average molecular weight is 346 g/mol. The van der Waals surface area contributed by atoms with Gasteiger partial charge in [-0.1, -0.05) is 29.8 Å². The van der Waals surface area contributed by atoms with Gasteiger partial charge in [0.05, 0.1) is 5.56 Å². The maximum Gasteiger partial charge on any atom is 0.337 e. The Bertz CT molecular complexity index is 952. The van der Waals surface area contributed by atoms with Crippen molar-refractivity contribution >= 4 is 29.1 Å². The lowest BCUT2D eigenvalue weighted by Crippen LogP contribution is -2.00. The fourth-order valence-electron chi connectivity index (χ4n) is 2.19. The zero-order valence-electron chi connectivity index (χ0n) is 12.6. The van der Waals surface area contributed by atoms with Gasteiger partial charge in [-0.25, -0.2) is 14.3 Å². The first-order valence-corrected chi connectivity index (χ1v) is 7.34. The molecule has 0 fully saturated rings. The molecule has 2 aromatic heterocycles. The minimum absolute atomic E-state index is 0.0759. The van der Waals surface area contributed by atoms with Crippen molar-refractivity contribution in [2.45, 2.75) is 13.5 Å². The van der Waals surface area contributed by atoms with Crippen molar-refractivity contribution in [1.82, 2.24) is 14.6 Å². The molecule has 3 aromatic rings. The van der Waals surface area contributed by atoms with E-state index in [2.05, 4.69) is 10.1 Å². The number of ether oxygens (including phenoxy) is 1. The fraction of sp³-hybridized carbons (Fsp3) is 0.125. The van der Waals surface area contributed by atoms with E-state index in [1.165, 1.54) is 23.7 Å². The first-order chi connectivity index (χ1) is 11.4. The second kappa shape index (κ2) is 6.29. The lowest BCUT2D eigenvalue weighted by Gasteiger charge is -2.06. The quantitative estimate of drug-likeness (QED) is 0.731. The summed E-state index contributed by atoms with van der Waals surface area (Å²) in [5.74, 6) is -1.10. The Labute approximate surface area is 141 Å². The van der Waals surface area contributed by atoms with Gasteiger partial charge in [-0.2, -0.15) is 0 Å². The maximum atomic E-state index is 11.1. The van der Waals surface area contributed by atoms with Crippen LogP contribution in [0.4, 0.5) is 0 Å². The first-order valence-electron chi connectivity index (χ1n) is 6.96. The summed E-state index contributed by atoms with van der Waals surface area (Å²) >= 11 is 6.14. The van der Waals surface area contributed by atoms with Crippen LogP contribution in [0.2, 0.25) is 5.15 Å².